The summed E-state index contributed by atoms with van der Waals surface area (Å²) < 4.78 is 25.4. The van der Waals surface area contributed by atoms with E-state index >= 15 is 0 Å². The molecule has 0 bridgehead atoms. The van der Waals surface area contributed by atoms with Gasteiger partial charge in [-0.05, 0) is 6.92 Å². The van der Waals surface area contributed by atoms with Crippen LogP contribution in [0.3, 0.4) is 0 Å². The van der Waals surface area contributed by atoms with Crippen molar-refractivity contribution in [1.29, 1.82) is 0 Å². The highest BCUT2D eigenvalue weighted by atomic mass is 16.7. The number of esters is 3. The summed E-state index contributed by atoms with van der Waals surface area (Å²) in [7, 11) is 0. The summed E-state index contributed by atoms with van der Waals surface area (Å²) in [5.74, 6) is -2.42. The van der Waals surface area contributed by atoms with E-state index in [4.69, 9.17) is 24.7 Å². The molecule has 0 spiro atoms. The smallest absolute Gasteiger partial charge is 0.309 e. The third-order valence-corrected chi connectivity index (χ3v) is 6.76. The molecular weight excluding hydrogens is 522 g/mol. The number of anilines is 2. The molecule has 2 aromatic rings. The van der Waals surface area contributed by atoms with Crippen LogP contribution in [0.15, 0.2) is 22.1 Å². The quantitative estimate of drug-likeness (QED) is 0.361. The predicted molar refractivity (Wildman–Crippen MR) is 146 cm³/mol. The summed E-state index contributed by atoms with van der Waals surface area (Å²) in [6.45, 7) is 11.4. The predicted octanol–water partition coefficient (Wildman–Crippen LogP) is 2.69. The molecule has 4 heterocycles. The Morgan fingerprint density at radius 2 is 1.75 bits per heavy atom. The molecule has 0 radical (unpaired) electrons. The number of nitrogens with two attached hydrogens (primary N) is 1. The number of hydrogen-bond donors (Lipinski definition) is 2. The first-order chi connectivity index (χ1) is 18.7. The van der Waals surface area contributed by atoms with Crippen molar-refractivity contribution in [3.63, 3.8) is 0 Å². The van der Waals surface area contributed by atoms with Gasteiger partial charge in [0.1, 0.15) is 24.3 Å². The standard InChI is InChI=1S/C27H35N5O8/c1-12(2)23(34)37-10-17-20(39-24(35)13(3)4)27(7,40-25(36)14(5)6)26(38-17)32-9-15-16(28)8-18(33)31-21-19(15)22(32)30-11-29-21/h8-9,11-14,17,20,26H,10,28H2,1-7H3,(H,29,30,31,33)/t17-,20-,26-,27+/m1/s1. The summed E-state index contributed by atoms with van der Waals surface area (Å²) in [5, 5.41) is 3.77. The van der Waals surface area contributed by atoms with E-state index in [0.717, 1.165) is 0 Å². The van der Waals surface area contributed by atoms with Gasteiger partial charge in [0.2, 0.25) is 0 Å². The molecule has 13 heteroatoms. The molecule has 2 aliphatic heterocycles. The topological polar surface area (TPSA) is 173 Å². The van der Waals surface area contributed by atoms with Crippen molar-refractivity contribution in [1.82, 2.24) is 9.55 Å². The van der Waals surface area contributed by atoms with Gasteiger partial charge in [0.15, 0.2) is 17.9 Å². The Labute approximate surface area is 231 Å². The van der Waals surface area contributed by atoms with Gasteiger partial charge in [0.05, 0.1) is 29.5 Å². The monoisotopic (exact) mass is 557 g/mol. The molecule has 2 aliphatic rings. The lowest BCUT2D eigenvalue weighted by molar-refractivity contribution is -0.191. The van der Waals surface area contributed by atoms with Crippen LogP contribution in [-0.2, 0) is 33.3 Å². The summed E-state index contributed by atoms with van der Waals surface area (Å²) in [6, 6.07) is 1.20. The molecule has 4 atom stereocenters. The van der Waals surface area contributed by atoms with E-state index in [1.165, 1.54) is 12.4 Å². The fraction of sp³-hybridized carbons (Fsp3) is 0.556. The van der Waals surface area contributed by atoms with E-state index < -0.39 is 65.3 Å². The number of nitrogens with one attached hydrogen (secondary N) is 1. The molecule has 0 unspecified atom stereocenters. The molecule has 40 heavy (non-hydrogen) atoms. The zero-order valence-electron chi connectivity index (χ0n) is 23.6. The van der Waals surface area contributed by atoms with Crippen molar-refractivity contribution in [2.75, 3.05) is 17.7 Å². The fourth-order valence-electron chi connectivity index (χ4n) is 4.52. The Kier molecular flexibility index (Phi) is 7.88. The first-order valence-corrected chi connectivity index (χ1v) is 13.1. The van der Waals surface area contributed by atoms with Crippen LogP contribution in [0.5, 0.6) is 0 Å². The zero-order valence-corrected chi connectivity index (χ0v) is 23.6. The van der Waals surface area contributed by atoms with Gasteiger partial charge in [0.25, 0.3) is 5.56 Å². The maximum Gasteiger partial charge on any atom is 0.309 e. The summed E-state index contributed by atoms with van der Waals surface area (Å²) in [5.41, 5.74) is 4.25. The van der Waals surface area contributed by atoms with E-state index in [2.05, 4.69) is 15.3 Å². The number of carbonyl (C=O) groups excluding carboxylic acids is 3. The minimum Gasteiger partial charge on any atom is -0.463 e. The Balaban J connectivity index is 1.90. The van der Waals surface area contributed by atoms with E-state index in [9.17, 15) is 19.2 Å². The second-order valence-corrected chi connectivity index (χ2v) is 11.0. The molecule has 0 aromatic carbocycles. The summed E-state index contributed by atoms with van der Waals surface area (Å²) in [4.78, 5) is 58.9. The lowest BCUT2D eigenvalue weighted by Gasteiger charge is -2.36. The average Bonchev–Trinajstić information content (AvgIpc) is 3.34. The number of hydrogen-bond acceptors (Lipinski definition) is 12. The highest BCUT2D eigenvalue weighted by molar-refractivity contribution is 6.10. The molecule has 4 rings (SSSR count). The highest BCUT2D eigenvalue weighted by Gasteiger charge is 2.61. The van der Waals surface area contributed by atoms with E-state index in [0.29, 0.717) is 16.6 Å². The van der Waals surface area contributed by atoms with Crippen molar-refractivity contribution >= 4 is 52.3 Å². The van der Waals surface area contributed by atoms with E-state index in [1.54, 1.807) is 59.2 Å². The van der Waals surface area contributed by atoms with Gasteiger partial charge >= 0.3 is 17.9 Å². The number of nitrogens with zero attached hydrogens (tertiary/aromatic N) is 3. The zero-order chi connectivity index (χ0) is 29.5. The minimum absolute atomic E-state index is 0.154. The van der Waals surface area contributed by atoms with Gasteiger partial charge < -0.3 is 34.6 Å². The largest absolute Gasteiger partial charge is 0.463 e. The number of nitrogen functional groups attached to an aromatic ring is 1. The van der Waals surface area contributed by atoms with Crippen LogP contribution in [0.4, 0.5) is 17.3 Å². The molecule has 0 saturated carbocycles. The average molecular weight is 558 g/mol. The van der Waals surface area contributed by atoms with Crippen molar-refractivity contribution in [2.45, 2.75) is 72.5 Å². The molecular formula is C27H35N5O8. The first-order valence-electron chi connectivity index (χ1n) is 13.1. The SMILES string of the molecule is CC(C)C(=O)OC[C@H]1O[C@@H](n2cc3c(N)cc(=O)nc4c3c2N=CN4)[C@@](C)(OC(=O)C(C)C)[C@@H]1OC(=O)C(C)C. The number of ether oxygens (including phenoxy) is 4. The molecule has 1 fully saturated rings. The van der Waals surface area contributed by atoms with Gasteiger partial charge in [-0.2, -0.15) is 4.98 Å². The van der Waals surface area contributed by atoms with Crippen LogP contribution < -0.4 is 16.6 Å². The van der Waals surface area contributed by atoms with Gasteiger partial charge in [0, 0.05) is 23.3 Å². The Hall–Kier alpha value is -4.00. The third-order valence-electron chi connectivity index (χ3n) is 6.76. The van der Waals surface area contributed by atoms with Crippen molar-refractivity contribution < 1.29 is 33.3 Å². The van der Waals surface area contributed by atoms with Crippen LogP contribution in [0.25, 0.3) is 10.8 Å². The van der Waals surface area contributed by atoms with E-state index in [-0.39, 0.29) is 18.1 Å². The van der Waals surface area contributed by atoms with Gasteiger partial charge in [-0.1, -0.05) is 41.5 Å². The van der Waals surface area contributed by atoms with Crippen molar-refractivity contribution in [3.8, 4) is 0 Å². The summed E-state index contributed by atoms with van der Waals surface area (Å²) >= 11 is 0. The Morgan fingerprint density at radius 3 is 2.38 bits per heavy atom. The van der Waals surface area contributed by atoms with Crippen LogP contribution in [-0.4, -0.2) is 58.2 Å². The summed E-state index contributed by atoms with van der Waals surface area (Å²) in [6.07, 6.45) is -0.281. The lowest BCUT2D eigenvalue weighted by atomic mass is 9.95. The third kappa shape index (κ3) is 5.25. The Morgan fingerprint density at radius 1 is 1.10 bits per heavy atom. The van der Waals surface area contributed by atoms with Crippen LogP contribution >= 0.6 is 0 Å². The van der Waals surface area contributed by atoms with Crippen molar-refractivity contribution in [2.24, 2.45) is 22.7 Å². The number of aromatic nitrogens is 2. The minimum atomic E-state index is -1.60. The van der Waals surface area contributed by atoms with Crippen molar-refractivity contribution in [3.05, 3.63) is 22.6 Å². The number of carbonyl (C=O) groups is 3. The van der Waals surface area contributed by atoms with Gasteiger partial charge in [-0.25, -0.2) is 4.99 Å². The number of aliphatic imine (C=N–C) groups is 1. The molecule has 0 amide bonds. The normalized spacial score (nSPS) is 23.5. The molecule has 1 saturated heterocycles. The molecule has 2 aromatic heterocycles. The maximum atomic E-state index is 13.0. The van der Waals surface area contributed by atoms with E-state index in [1.807, 2.05) is 0 Å². The second kappa shape index (κ2) is 10.9. The second-order valence-electron chi connectivity index (χ2n) is 11.0. The van der Waals surface area contributed by atoms with Crippen LogP contribution in [0.1, 0.15) is 54.7 Å². The molecule has 216 valence electrons. The molecule has 0 aliphatic carbocycles. The molecule has 3 N–H and O–H groups in total. The van der Waals surface area contributed by atoms with Gasteiger partial charge in [-0.3, -0.25) is 19.2 Å². The van der Waals surface area contributed by atoms with Crippen LogP contribution in [0.2, 0.25) is 0 Å². The van der Waals surface area contributed by atoms with Gasteiger partial charge in [-0.15, -0.1) is 0 Å². The maximum absolute atomic E-state index is 13.0. The lowest BCUT2D eigenvalue weighted by Crippen LogP contribution is -2.51. The first kappa shape index (κ1) is 29.0. The molecule has 13 nitrogen and oxygen atoms in total. The Bertz CT molecular complexity index is 1430. The van der Waals surface area contributed by atoms with Crippen LogP contribution in [0, 0.1) is 17.8 Å². The number of rotatable bonds is 8. The highest BCUT2D eigenvalue weighted by Crippen LogP contribution is 2.48. The fourth-order valence-corrected chi connectivity index (χ4v) is 4.52.